The van der Waals surface area contributed by atoms with Gasteiger partial charge in [-0.05, 0) is 62.3 Å². The van der Waals surface area contributed by atoms with Crippen LogP contribution in [-0.2, 0) is 0 Å². The molecule has 0 saturated carbocycles. The van der Waals surface area contributed by atoms with Gasteiger partial charge in [0.2, 0.25) is 0 Å². The lowest BCUT2D eigenvalue weighted by atomic mass is 10.3. The van der Waals surface area contributed by atoms with Gasteiger partial charge >= 0.3 is 0 Å². The fourth-order valence-electron chi connectivity index (χ4n) is 3.62. The zero-order valence-corrected chi connectivity index (χ0v) is 20.8. The predicted octanol–water partition coefficient (Wildman–Crippen LogP) is 5.53. The third kappa shape index (κ3) is 6.00. The van der Waals surface area contributed by atoms with Gasteiger partial charge in [0.1, 0.15) is 23.2 Å². The van der Waals surface area contributed by atoms with Crippen LogP contribution in [0.2, 0.25) is 0 Å². The first-order valence-electron chi connectivity index (χ1n) is 9.63. The lowest BCUT2D eigenvalue weighted by Gasteiger charge is -2.27. The van der Waals surface area contributed by atoms with Crippen molar-refractivity contribution in [1.82, 2.24) is 5.32 Å². The van der Waals surface area contributed by atoms with Crippen molar-refractivity contribution in [3.05, 3.63) is 91.0 Å². The molecule has 0 heterocycles. The summed E-state index contributed by atoms with van der Waals surface area (Å²) in [6, 6.07) is 33.4. The second kappa shape index (κ2) is 13.3. The summed E-state index contributed by atoms with van der Waals surface area (Å²) in [5.41, 5.74) is 0. The Balaban J connectivity index is 0.00000196. The molecular weight excluding hydrogens is 493 g/mol. The molecule has 0 aliphatic carbocycles. The lowest BCUT2D eigenvalue weighted by molar-refractivity contribution is 0.663. The van der Waals surface area contributed by atoms with Crippen molar-refractivity contribution in [3.63, 3.8) is 0 Å². The van der Waals surface area contributed by atoms with Crippen molar-refractivity contribution in [2.75, 3.05) is 19.3 Å². The van der Waals surface area contributed by atoms with E-state index in [4.69, 9.17) is 0 Å². The maximum absolute atomic E-state index is 3.58. The minimum atomic E-state index is -1.64. The molecule has 0 aliphatic heterocycles. The number of nitrogens with one attached hydrogen (secondary N) is 1. The fraction of sp³-hybridized carbons (Fsp3) is 0.250. The maximum Gasteiger partial charge on any atom is 0.112 e. The van der Waals surface area contributed by atoms with Crippen molar-refractivity contribution in [2.24, 2.45) is 0 Å². The Morgan fingerprint density at radius 1 is 0.607 bits per heavy atom. The van der Waals surface area contributed by atoms with Gasteiger partial charge < -0.3 is 5.32 Å². The highest BCUT2D eigenvalue weighted by molar-refractivity contribution is 8.93. The molecule has 0 aromatic heterocycles. The van der Waals surface area contributed by atoms with Crippen LogP contribution in [0, 0.1) is 0 Å². The van der Waals surface area contributed by atoms with Crippen LogP contribution in [-0.4, -0.2) is 19.3 Å². The summed E-state index contributed by atoms with van der Waals surface area (Å²) >= 11 is 0. The van der Waals surface area contributed by atoms with Gasteiger partial charge in [-0.1, -0.05) is 61.5 Å². The first kappa shape index (κ1) is 25.0. The Labute approximate surface area is 191 Å². The van der Waals surface area contributed by atoms with E-state index in [9.17, 15) is 0 Å². The Hall–Kier alpha value is -0.990. The topological polar surface area (TPSA) is 12.0 Å². The first-order valence-corrected chi connectivity index (χ1v) is 11.6. The molecule has 150 valence electrons. The molecule has 0 fully saturated rings. The summed E-state index contributed by atoms with van der Waals surface area (Å²) < 4.78 is 0. The normalized spacial score (nSPS) is 10.6. The van der Waals surface area contributed by atoms with Crippen LogP contribution in [0.5, 0.6) is 0 Å². The van der Waals surface area contributed by atoms with Crippen molar-refractivity contribution >= 4 is 57.1 Å². The third-order valence-electron chi connectivity index (χ3n) is 4.86. The van der Waals surface area contributed by atoms with E-state index in [0.29, 0.717) is 0 Å². The Morgan fingerprint density at radius 2 is 1.00 bits per heavy atom. The monoisotopic (exact) mass is 522 g/mol. The van der Waals surface area contributed by atoms with Crippen LogP contribution in [0.4, 0.5) is 0 Å². The van der Waals surface area contributed by atoms with Crippen molar-refractivity contribution in [1.29, 1.82) is 0 Å². The van der Waals surface area contributed by atoms with E-state index < -0.39 is 7.26 Å². The van der Waals surface area contributed by atoms with Gasteiger partial charge in [0.25, 0.3) is 0 Å². The molecule has 0 saturated heterocycles. The van der Waals surface area contributed by atoms with Crippen molar-refractivity contribution in [3.8, 4) is 0 Å². The van der Waals surface area contributed by atoms with Gasteiger partial charge in [-0.2, -0.15) is 0 Å². The zero-order chi connectivity index (χ0) is 18.1. The number of hydrogen-bond acceptors (Lipinski definition) is 1. The first-order chi connectivity index (χ1) is 12.9. The average molecular weight is 524 g/mol. The smallest absolute Gasteiger partial charge is 0.112 e. The maximum atomic E-state index is 3.58. The molecule has 0 spiro atoms. The second-order valence-electron chi connectivity index (χ2n) is 6.64. The predicted molar refractivity (Wildman–Crippen MR) is 138 cm³/mol. The fourth-order valence-corrected chi connectivity index (χ4v) is 7.97. The Bertz CT molecular complexity index is 670. The molecule has 3 aromatic carbocycles. The molecule has 0 radical (unpaired) electrons. The molecule has 0 bridgehead atoms. The molecule has 0 amide bonds. The van der Waals surface area contributed by atoms with E-state index in [0.717, 1.165) is 13.1 Å². The molecule has 3 aromatic rings. The summed E-state index contributed by atoms with van der Waals surface area (Å²) in [5, 5.41) is 8.02. The highest BCUT2D eigenvalue weighted by Crippen LogP contribution is 2.55. The van der Waals surface area contributed by atoms with E-state index in [-0.39, 0.29) is 34.0 Å². The standard InChI is InChI=1S/C24H29NP.2BrH/c1-2-19-25-20-12-21-26(22-13-6-3-7-14-22,23-15-8-4-9-16-23)24-17-10-5-11-18-24;;/h3-11,13-18,25H,2,12,19-21H2,1H3;2*1H/q+1;;. The van der Waals surface area contributed by atoms with Crippen LogP contribution < -0.4 is 21.2 Å². The SMILES string of the molecule is Br.Br.CCCNCCC[P+](c1ccccc1)(c1ccccc1)c1ccccc1. The number of benzene rings is 3. The summed E-state index contributed by atoms with van der Waals surface area (Å²) in [4.78, 5) is 0. The highest BCUT2D eigenvalue weighted by Gasteiger charge is 2.44. The number of rotatable bonds is 9. The number of hydrogen-bond donors (Lipinski definition) is 1. The highest BCUT2D eigenvalue weighted by atomic mass is 79.9. The lowest BCUT2D eigenvalue weighted by Crippen LogP contribution is -2.34. The Kier molecular flexibility index (Phi) is 11.9. The van der Waals surface area contributed by atoms with Crippen LogP contribution in [0.15, 0.2) is 91.0 Å². The van der Waals surface area contributed by atoms with Crippen LogP contribution in [0.1, 0.15) is 19.8 Å². The molecule has 1 N–H and O–H groups in total. The van der Waals surface area contributed by atoms with Gasteiger partial charge in [0, 0.05) is 0 Å². The molecule has 1 nitrogen and oxygen atoms in total. The van der Waals surface area contributed by atoms with E-state index >= 15 is 0 Å². The molecule has 4 heteroatoms. The van der Waals surface area contributed by atoms with Gasteiger partial charge in [-0.15, -0.1) is 34.0 Å². The van der Waals surface area contributed by atoms with Crippen LogP contribution >= 0.6 is 41.2 Å². The van der Waals surface area contributed by atoms with E-state index in [2.05, 4.69) is 103 Å². The number of halogens is 2. The zero-order valence-electron chi connectivity index (χ0n) is 16.5. The minimum Gasteiger partial charge on any atom is -0.317 e. The Morgan fingerprint density at radius 3 is 1.36 bits per heavy atom. The summed E-state index contributed by atoms with van der Waals surface area (Å²) in [5.74, 6) is 0. The quantitative estimate of drug-likeness (QED) is 0.287. The molecule has 28 heavy (non-hydrogen) atoms. The van der Waals surface area contributed by atoms with Gasteiger partial charge in [-0.3, -0.25) is 0 Å². The van der Waals surface area contributed by atoms with E-state index in [1.807, 2.05) is 0 Å². The minimum absolute atomic E-state index is 0. The van der Waals surface area contributed by atoms with Gasteiger partial charge in [-0.25, -0.2) is 0 Å². The third-order valence-corrected chi connectivity index (χ3v) is 9.39. The largest absolute Gasteiger partial charge is 0.317 e. The van der Waals surface area contributed by atoms with Crippen LogP contribution in [0.25, 0.3) is 0 Å². The molecular formula is C24H31Br2NP+. The summed E-state index contributed by atoms with van der Waals surface area (Å²) in [6.07, 6.45) is 3.57. The van der Waals surface area contributed by atoms with Gasteiger partial charge in [0.05, 0.1) is 6.16 Å². The molecule has 0 unspecified atom stereocenters. The van der Waals surface area contributed by atoms with E-state index in [1.54, 1.807) is 0 Å². The summed E-state index contributed by atoms with van der Waals surface area (Å²) in [7, 11) is -1.64. The van der Waals surface area contributed by atoms with Crippen LogP contribution in [0.3, 0.4) is 0 Å². The summed E-state index contributed by atoms with van der Waals surface area (Å²) in [6.45, 7) is 4.41. The average Bonchev–Trinajstić information content (AvgIpc) is 2.73. The van der Waals surface area contributed by atoms with Gasteiger partial charge in [0.15, 0.2) is 0 Å². The van der Waals surface area contributed by atoms with E-state index in [1.165, 1.54) is 34.9 Å². The molecule has 3 rings (SSSR count). The van der Waals surface area contributed by atoms with Crippen molar-refractivity contribution < 1.29 is 0 Å². The second-order valence-corrected chi connectivity index (χ2v) is 10.3. The van der Waals surface area contributed by atoms with Crippen molar-refractivity contribution in [2.45, 2.75) is 19.8 Å². The molecule has 0 atom stereocenters. The molecule has 0 aliphatic rings.